The Balaban J connectivity index is 2.47. The molecule has 0 radical (unpaired) electrons. The van der Waals surface area contributed by atoms with Crippen LogP contribution in [-0.4, -0.2) is 16.9 Å². The van der Waals surface area contributed by atoms with Crippen molar-refractivity contribution in [3.63, 3.8) is 0 Å². The molecule has 18 heavy (non-hydrogen) atoms. The van der Waals surface area contributed by atoms with Gasteiger partial charge in [-0.05, 0) is 24.1 Å². The van der Waals surface area contributed by atoms with Crippen LogP contribution in [0.4, 0.5) is 5.69 Å². The molecular formula is C14H18N2OS. The first-order valence-electron chi connectivity index (χ1n) is 5.94. The quantitative estimate of drug-likeness (QED) is 0.886. The fraction of sp³-hybridized carbons (Fsp3) is 0.429. The Morgan fingerprint density at radius 2 is 2.17 bits per heavy atom. The van der Waals surface area contributed by atoms with E-state index in [9.17, 15) is 4.79 Å². The summed E-state index contributed by atoms with van der Waals surface area (Å²) in [5.74, 6) is 0.975. The SMILES string of the molecule is CC(C)C(C)SCC(=O)Nc1cccc(C#N)c1. The molecule has 0 saturated heterocycles. The van der Waals surface area contributed by atoms with Gasteiger partial charge in [0.15, 0.2) is 0 Å². The molecule has 1 aromatic carbocycles. The van der Waals surface area contributed by atoms with Gasteiger partial charge in [0.1, 0.15) is 0 Å². The van der Waals surface area contributed by atoms with E-state index in [2.05, 4.69) is 26.1 Å². The van der Waals surface area contributed by atoms with Gasteiger partial charge in [0.25, 0.3) is 0 Å². The molecule has 1 rings (SSSR count). The number of nitrogens with one attached hydrogen (secondary N) is 1. The highest BCUT2D eigenvalue weighted by atomic mass is 32.2. The van der Waals surface area contributed by atoms with Gasteiger partial charge >= 0.3 is 0 Å². The number of hydrogen-bond acceptors (Lipinski definition) is 3. The minimum Gasteiger partial charge on any atom is -0.325 e. The van der Waals surface area contributed by atoms with Gasteiger partial charge in [0.2, 0.25) is 5.91 Å². The molecule has 0 heterocycles. The lowest BCUT2D eigenvalue weighted by Gasteiger charge is -2.14. The molecule has 4 heteroatoms. The number of nitriles is 1. The number of thioether (sulfide) groups is 1. The summed E-state index contributed by atoms with van der Waals surface area (Å²) >= 11 is 1.64. The van der Waals surface area contributed by atoms with E-state index < -0.39 is 0 Å². The van der Waals surface area contributed by atoms with E-state index in [1.54, 1.807) is 36.0 Å². The highest BCUT2D eigenvalue weighted by Crippen LogP contribution is 2.19. The van der Waals surface area contributed by atoms with Crippen molar-refractivity contribution in [2.24, 2.45) is 5.92 Å². The van der Waals surface area contributed by atoms with Crippen LogP contribution < -0.4 is 5.32 Å². The number of amides is 1. The van der Waals surface area contributed by atoms with Gasteiger partial charge in [0.05, 0.1) is 17.4 Å². The first kappa shape index (κ1) is 14.6. The molecule has 96 valence electrons. The summed E-state index contributed by atoms with van der Waals surface area (Å²) in [7, 11) is 0. The normalized spacial score (nSPS) is 11.9. The molecule has 3 nitrogen and oxygen atoms in total. The van der Waals surface area contributed by atoms with Crippen LogP contribution in [0.2, 0.25) is 0 Å². The maximum absolute atomic E-state index is 11.7. The van der Waals surface area contributed by atoms with E-state index in [1.807, 2.05) is 6.07 Å². The van der Waals surface area contributed by atoms with Gasteiger partial charge in [0, 0.05) is 10.9 Å². The molecule has 0 saturated carbocycles. The lowest BCUT2D eigenvalue weighted by atomic mass is 10.2. The molecule has 0 aliphatic rings. The number of carbonyl (C=O) groups excluding carboxylic acids is 1. The van der Waals surface area contributed by atoms with Crippen LogP contribution in [0, 0.1) is 17.2 Å². The van der Waals surface area contributed by atoms with E-state index in [4.69, 9.17) is 5.26 Å². The van der Waals surface area contributed by atoms with Crippen molar-refractivity contribution in [2.45, 2.75) is 26.0 Å². The predicted molar refractivity (Wildman–Crippen MR) is 76.5 cm³/mol. The van der Waals surface area contributed by atoms with Gasteiger partial charge < -0.3 is 5.32 Å². The third-order valence-electron chi connectivity index (χ3n) is 2.69. The Hall–Kier alpha value is -1.47. The predicted octanol–water partition coefficient (Wildman–Crippen LogP) is 3.27. The second kappa shape index (κ2) is 7.07. The summed E-state index contributed by atoms with van der Waals surface area (Å²) in [5, 5.41) is 12.0. The summed E-state index contributed by atoms with van der Waals surface area (Å²) in [6.45, 7) is 6.41. The number of rotatable bonds is 5. The van der Waals surface area contributed by atoms with Crippen LogP contribution in [0.25, 0.3) is 0 Å². The molecule has 1 unspecified atom stereocenters. The summed E-state index contributed by atoms with van der Waals surface area (Å²) in [6.07, 6.45) is 0. The smallest absolute Gasteiger partial charge is 0.234 e. The molecule has 1 aromatic rings. The van der Waals surface area contributed by atoms with Crippen molar-refractivity contribution in [2.75, 3.05) is 11.1 Å². The highest BCUT2D eigenvalue weighted by Gasteiger charge is 2.10. The zero-order valence-electron chi connectivity index (χ0n) is 10.9. The molecule has 1 amide bonds. The second-order valence-electron chi connectivity index (χ2n) is 4.50. The maximum Gasteiger partial charge on any atom is 0.234 e. The minimum atomic E-state index is -0.0254. The third-order valence-corrected chi connectivity index (χ3v) is 4.19. The Morgan fingerprint density at radius 3 is 2.78 bits per heavy atom. The Bertz CT molecular complexity index is 451. The maximum atomic E-state index is 11.7. The minimum absolute atomic E-state index is 0.0254. The largest absolute Gasteiger partial charge is 0.325 e. The monoisotopic (exact) mass is 262 g/mol. The molecule has 0 aliphatic heterocycles. The van der Waals surface area contributed by atoms with Gasteiger partial charge in [-0.15, -0.1) is 11.8 Å². The van der Waals surface area contributed by atoms with Gasteiger partial charge in [-0.2, -0.15) is 5.26 Å². The number of hydrogen-bond donors (Lipinski definition) is 1. The Morgan fingerprint density at radius 1 is 1.44 bits per heavy atom. The van der Waals surface area contributed by atoms with E-state index in [0.717, 1.165) is 0 Å². The first-order chi connectivity index (χ1) is 8.52. The van der Waals surface area contributed by atoms with Gasteiger partial charge in [-0.1, -0.05) is 26.8 Å². The van der Waals surface area contributed by atoms with Crippen molar-refractivity contribution in [1.29, 1.82) is 5.26 Å². The zero-order valence-corrected chi connectivity index (χ0v) is 11.8. The topological polar surface area (TPSA) is 52.9 Å². The number of nitrogens with zero attached hydrogens (tertiary/aromatic N) is 1. The van der Waals surface area contributed by atoms with E-state index in [-0.39, 0.29) is 5.91 Å². The summed E-state index contributed by atoms with van der Waals surface area (Å²) < 4.78 is 0. The molecule has 0 aromatic heterocycles. The molecule has 0 aliphatic carbocycles. The van der Waals surface area contributed by atoms with Crippen LogP contribution in [-0.2, 0) is 4.79 Å². The van der Waals surface area contributed by atoms with E-state index in [1.165, 1.54) is 0 Å². The van der Waals surface area contributed by atoms with Crippen molar-refractivity contribution in [3.8, 4) is 6.07 Å². The number of anilines is 1. The van der Waals surface area contributed by atoms with Gasteiger partial charge in [-0.25, -0.2) is 0 Å². The fourth-order valence-electron chi connectivity index (χ4n) is 1.26. The van der Waals surface area contributed by atoms with E-state index >= 15 is 0 Å². The van der Waals surface area contributed by atoms with Crippen molar-refractivity contribution >= 4 is 23.4 Å². The van der Waals surface area contributed by atoms with Crippen LogP contribution in [0.15, 0.2) is 24.3 Å². The van der Waals surface area contributed by atoms with Gasteiger partial charge in [-0.3, -0.25) is 4.79 Å². The molecular weight excluding hydrogens is 244 g/mol. The molecule has 1 atom stereocenters. The van der Waals surface area contributed by atoms with Crippen LogP contribution in [0.3, 0.4) is 0 Å². The second-order valence-corrected chi connectivity index (χ2v) is 5.87. The lowest BCUT2D eigenvalue weighted by Crippen LogP contribution is -2.17. The number of benzene rings is 1. The van der Waals surface area contributed by atoms with Crippen molar-refractivity contribution < 1.29 is 4.79 Å². The Labute approximate surface area is 113 Å². The summed E-state index contributed by atoms with van der Waals surface area (Å²) in [5.41, 5.74) is 1.23. The lowest BCUT2D eigenvalue weighted by molar-refractivity contribution is -0.113. The van der Waals surface area contributed by atoms with E-state index in [0.29, 0.717) is 28.2 Å². The summed E-state index contributed by atoms with van der Waals surface area (Å²) in [6, 6.07) is 8.99. The highest BCUT2D eigenvalue weighted by molar-refractivity contribution is 8.00. The van der Waals surface area contributed by atoms with Crippen molar-refractivity contribution in [1.82, 2.24) is 0 Å². The third kappa shape index (κ3) is 4.80. The van der Waals surface area contributed by atoms with Crippen molar-refractivity contribution in [3.05, 3.63) is 29.8 Å². The van der Waals surface area contributed by atoms with Crippen LogP contribution in [0.1, 0.15) is 26.3 Å². The Kier molecular flexibility index (Phi) is 5.73. The fourth-order valence-corrected chi connectivity index (χ4v) is 2.13. The summed E-state index contributed by atoms with van der Waals surface area (Å²) in [4.78, 5) is 11.7. The molecule has 0 fully saturated rings. The number of carbonyl (C=O) groups is 1. The molecule has 1 N–H and O–H groups in total. The standard InChI is InChI=1S/C14H18N2OS/c1-10(2)11(3)18-9-14(17)16-13-6-4-5-12(7-13)8-15/h4-7,10-11H,9H2,1-3H3,(H,16,17). The first-order valence-corrected chi connectivity index (χ1v) is 6.99. The zero-order chi connectivity index (χ0) is 13.5. The average molecular weight is 262 g/mol. The molecule has 0 bridgehead atoms. The van der Waals surface area contributed by atoms with Crippen LogP contribution >= 0.6 is 11.8 Å². The molecule has 0 spiro atoms. The van der Waals surface area contributed by atoms with Crippen LogP contribution in [0.5, 0.6) is 0 Å². The average Bonchev–Trinajstić information content (AvgIpc) is 2.36.